The molecule has 0 atom stereocenters. The van der Waals surface area contributed by atoms with Gasteiger partial charge in [-0.05, 0) is 56.2 Å². The molecule has 1 aliphatic rings. The van der Waals surface area contributed by atoms with Crippen LogP contribution < -0.4 is 15.4 Å². The van der Waals surface area contributed by atoms with Crippen LogP contribution in [0.1, 0.15) is 30.4 Å². The predicted molar refractivity (Wildman–Crippen MR) is 146 cm³/mol. The van der Waals surface area contributed by atoms with Crippen LogP contribution in [0.2, 0.25) is 0 Å². The molecule has 1 aliphatic heterocycles. The molecule has 0 bridgehead atoms. The van der Waals surface area contributed by atoms with Gasteiger partial charge in [0, 0.05) is 29.6 Å². The summed E-state index contributed by atoms with van der Waals surface area (Å²) >= 11 is 0. The fourth-order valence-corrected chi connectivity index (χ4v) is 4.12. The number of amides is 1. The lowest BCUT2D eigenvalue weighted by Gasteiger charge is -2.12. The van der Waals surface area contributed by atoms with Gasteiger partial charge in [-0.1, -0.05) is 24.3 Å². The highest BCUT2D eigenvalue weighted by molar-refractivity contribution is 5.92. The van der Waals surface area contributed by atoms with Gasteiger partial charge in [-0.2, -0.15) is 10.4 Å². The summed E-state index contributed by atoms with van der Waals surface area (Å²) in [7, 11) is 0. The molecule has 0 spiro atoms. The molecular weight excluding hydrogens is 480 g/mol. The van der Waals surface area contributed by atoms with Crippen LogP contribution in [0.25, 0.3) is 5.52 Å². The number of aliphatic imine (C=N–C) groups is 1. The Kier molecular flexibility index (Phi) is 7.32. The van der Waals surface area contributed by atoms with Crippen LogP contribution in [-0.4, -0.2) is 28.5 Å². The number of aromatic nitrogens is 2. The van der Waals surface area contributed by atoms with Crippen LogP contribution in [0.15, 0.2) is 83.8 Å². The number of anilines is 3. The minimum absolute atomic E-state index is 0.231. The van der Waals surface area contributed by atoms with E-state index in [1.54, 1.807) is 10.7 Å². The summed E-state index contributed by atoms with van der Waals surface area (Å²) in [5, 5.41) is 20.2. The van der Waals surface area contributed by atoms with E-state index < -0.39 is 6.09 Å². The van der Waals surface area contributed by atoms with Crippen molar-refractivity contribution in [1.82, 2.24) is 9.61 Å². The zero-order chi connectivity index (χ0) is 26.3. The SMILES string of the molecule is Cc1c(NC(=O)OCCC2=CCCC=N2)cn2ncc(C#N)c(Nc3ccc(Oc4ccccc4)cc3)c12. The minimum Gasteiger partial charge on any atom is -0.457 e. The lowest BCUT2D eigenvalue weighted by molar-refractivity contribution is 0.163. The summed E-state index contributed by atoms with van der Waals surface area (Å²) in [5.74, 6) is 1.44. The molecule has 1 amide bonds. The molecule has 4 aromatic rings. The Labute approximate surface area is 220 Å². The standard InChI is InChI=1S/C29H26N6O3/c1-20-26(34-29(36)37-16-14-22-7-5-6-15-31-22)19-35-28(20)27(21(17-30)18-32-35)33-23-10-12-25(13-11-23)38-24-8-3-2-4-9-24/h2-4,7-13,15,18-19,33H,5-6,14,16H2,1H3,(H,34,36). The first-order valence-electron chi connectivity index (χ1n) is 12.3. The van der Waals surface area contributed by atoms with Crippen LogP contribution in [-0.2, 0) is 4.74 Å². The van der Waals surface area contributed by atoms with Crippen molar-refractivity contribution < 1.29 is 14.3 Å². The maximum absolute atomic E-state index is 12.4. The number of carbonyl (C=O) groups excluding carboxylic acids is 1. The molecule has 9 heteroatoms. The van der Waals surface area contributed by atoms with Gasteiger partial charge in [0.25, 0.3) is 0 Å². The van der Waals surface area contributed by atoms with Crippen LogP contribution >= 0.6 is 0 Å². The van der Waals surface area contributed by atoms with E-state index in [4.69, 9.17) is 9.47 Å². The van der Waals surface area contributed by atoms with E-state index >= 15 is 0 Å². The number of carbonyl (C=O) groups is 1. The molecular formula is C29H26N6O3. The van der Waals surface area contributed by atoms with Gasteiger partial charge in [0.05, 0.1) is 41.5 Å². The number of nitrogens with zero attached hydrogens (tertiary/aromatic N) is 4. The molecule has 5 rings (SSSR count). The van der Waals surface area contributed by atoms with Gasteiger partial charge in [0.2, 0.25) is 0 Å². The van der Waals surface area contributed by atoms with Crippen molar-refractivity contribution in [1.29, 1.82) is 5.26 Å². The molecule has 3 heterocycles. The fourth-order valence-electron chi connectivity index (χ4n) is 4.12. The highest BCUT2D eigenvalue weighted by atomic mass is 16.5. The van der Waals surface area contributed by atoms with Crippen molar-refractivity contribution in [2.45, 2.75) is 26.2 Å². The molecule has 0 fully saturated rings. The van der Waals surface area contributed by atoms with E-state index in [0.717, 1.165) is 35.5 Å². The van der Waals surface area contributed by atoms with E-state index in [1.165, 1.54) is 6.20 Å². The molecule has 2 N–H and O–H groups in total. The molecule has 2 aromatic heterocycles. The molecule has 0 radical (unpaired) electrons. The van der Waals surface area contributed by atoms with Crippen molar-refractivity contribution >= 4 is 34.9 Å². The summed E-state index contributed by atoms with van der Waals surface area (Å²) in [6, 6.07) is 19.2. The fraction of sp³-hybridized carbons (Fsp3) is 0.172. The number of hydrogen-bond donors (Lipinski definition) is 2. The normalized spacial score (nSPS) is 12.5. The number of fused-ring (bicyclic) bond motifs is 1. The summed E-state index contributed by atoms with van der Waals surface area (Å²) in [6.07, 6.45) is 9.03. The monoisotopic (exact) mass is 506 g/mol. The third-order valence-corrected chi connectivity index (χ3v) is 6.04. The van der Waals surface area contributed by atoms with Crippen LogP contribution in [0.3, 0.4) is 0 Å². The van der Waals surface area contributed by atoms with E-state index in [9.17, 15) is 10.1 Å². The highest BCUT2D eigenvalue weighted by Gasteiger charge is 2.18. The average molecular weight is 507 g/mol. The van der Waals surface area contributed by atoms with Crippen molar-refractivity contribution in [3.8, 4) is 17.6 Å². The number of hydrogen-bond acceptors (Lipinski definition) is 7. The van der Waals surface area contributed by atoms with Gasteiger partial charge in [-0.3, -0.25) is 10.3 Å². The third-order valence-electron chi connectivity index (χ3n) is 6.04. The summed E-state index contributed by atoms with van der Waals surface area (Å²) in [6.45, 7) is 2.09. The number of ether oxygens (including phenoxy) is 2. The minimum atomic E-state index is -0.562. The van der Waals surface area contributed by atoms with Gasteiger partial charge in [-0.15, -0.1) is 0 Å². The molecule has 190 valence electrons. The third kappa shape index (κ3) is 5.65. The van der Waals surface area contributed by atoms with E-state index in [-0.39, 0.29) is 6.61 Å². The Morgan fingerprint density at radius 3 is 2.63 bits per heavy atom. The number of nitriles is 1. The zero-order valence-corrected chi connectivity index (χ0v) is 20.8. The van der Waals surface area contributed by atoms with Gasteiger partial charge in [0.15, 0.2) is 0 Å². The largest absolute Gasteiger partial charge is 0.457 e. The van der Waals surface area contributed by atoms with Gasteiger partial charge < -0.3 is 14.8 Å². The van der Waals surface area contributed by atoms with E-state index in [2.05, 4.69) is 32.9 Å². The maximum Gasteiger partial charge on any atom is 0.411 e. The van der Waals surface area contributed by atoms with Gasteiger partial charge >= 0.3 is 6.09 Å². The molecule has 0 unspecified atom stereocenters. The van der Waals surface area contributed by atoms with Crippen molar-refractivity contribution in [2.24, 2.45) is 4.99 Å². The summed E-state index contributed by atoms with van der Waals surface area (Å²) < 4.78 is 12.8. The molecule has 2 aromatic carbocycles. The molecule has 0 aliphatic carbocycles. The second-order valence-electron chi connectivity index (χ2n) is 8.67. The number of aryl methyl sites for hydroxylation is 1. The Morgan fingerprint density at radius 2 is 1.89 bits per heavy atom. The quantitative estimate of drug-likeness (QED) is 0.274. The first-order chi connectivity index (χ1) is 18.6. The lowest BCUT2D eigenvalue weighted by atomic mass is 10.1. The number of para-hydroxylation sites is 1. The number of allylic oxidation sites excluding steroid dienone is 1. The van der Waals surface area contributed by atoms with Gasteiger partial charge in [-0.25, -0.2) is 9.31 Å². The Balaban J connectivity index is 1.31. The second-order valence-corrected chi connectivity index (χ2v) is 8.67. The number of rotatable bonds is 8. The van der Waals surface area contributed by atoms with E-state index in [1.807, 2.05) is 67.7 Å². The average Bonchev–Trinajstić information content (AvgIpc) is 3.26. The Bertz CT molecular complexity index is 1550. The predicted octanol–water partition coefficient (Wildman–Crippen LogP) is 6.74. The van der Waals surface area contributed by atoms with Crippen LogP contribution in [0.4, 0.5) is 21.9 Å². The number of benzene rings is 2. The van der Waals surface area contributed by atoms with Gasteiger partial charge in [0.1, 0.15) is 17.6 Å². The lowest BCUT2D eigenvalue weighted by Crippen LogP contribution is -2.14. The van der Waals surface area contributed by atoms with Crippen molar-refractivity contribution in [3.05, 3.63) is 89.9 Å². The smallest absolute Gasteiger partial charge is 0.411 e. The topological polar surface area (TPSA) is 113 Å². The molecule has 38 heavy (non-hydrogen) atoms. The summed E-state index contributed by atoms with van der Waals surface area (Å²) in [4.78, 5) is 16.8. The van der Waals surface area contributed by atoms with Crippen LogP contribution in [0, 0.1) is 18.3 Å². The molecule has 0 saturated heterocycles. The zero-order valence-electron chi connectivity index (χ0n) is 20.8. The first kappa shape index (κ1) is 24.6. The van der Waals surface area contributed by atoms with E-state index in [0.29, 0.717) is 34.6 Å². The highest BCUT2D eigenvalue weighted by Crippen LogP contribution is 2.33. The molecule has 9 nitrogen and oxygen atoms in total. The first-order valence-corrected chi connectivity index (χ1v) is 12.3. The number of nitrogens with one attached hydrogen (secondary N) is 2. The Morgan fingerprint density at radius 1 is 1.11 bits per heavy atom. The van der Waals surface area contributed by atoms with Crippen molar-refractivity contribution in [3.63, 3.8) is 0 Å². The summed E-state index contributed by atoms with van der Waals surface area (Å²) in [5.41, 5.74) is 4.62. The Hall–Kier alpha value is -5.10. The van der Waals surface area contributed by atoms with Crippen LogP contribution in [0.5, 0.6) is 11.5 Å². The van der Waals surface area contributed by atoms with Crippen molar-refractivity contribution in [2.75, 3.05) is 17.2 Å². The second kappa shape index (κ2) is 11.3. The maximum atomic E-state index is 12.4. The molecule has 0 saturated carbocycles.